The number of carbonyl (C=O) groups excluding carboxylic acids is 1. The summed E-state index contributed by atoms with van der Waals surface area (Å²) in [6, 6.07) is 11.5. The summed E-state index contributed by atoms with van der Waals surface area (Å²) >= 11 is 0. The van der Waals surface area contributed by atoms with Gasteiger partial charge in [-0.2, -0.15) is 0 Å². The van der Waals surface area contributed by atoms with E-state index in [1.54, 1.807) is 7.11 Å². The summed E-state index contributed by atoms with van der Waals surface area (Å²) in [5.74, 6) is 5.22. The molecule has 0 bridgehead atoms. The Kier molecular flexibility index (Phi) is 4.59. The molecule has 102 valence electrons. The van der Waals surface area contributed by atoms with Crippen molar-refractivity contribution in [2.24, 2.45) is 0 Å². The van der Waals surface area contributed by atoms with Crippen molar-refractivity contribution in [3.8, 4) is 17.6 Å². The van der Waals surface area contributed by atoms with Crippen LogP contribution in [0.2, 0.25) is 0 Å². The van der Waals surface area contributed by atoms with Crippen molar-refractivity contribution in [2.45, 2.75) is 0 Å². The third-order valence-electron chi connectivity index (χ3n) is 2.70. The van der Waals surface area contributed by atoms with Gasteiger partial charge >= 0.3 is 5.97 Å². The molecule has 0 N–H and O–H groups in total. The van der Waals surface area contributed by atoms with Crippen LogP contribution >= 0.6 is 0 Å². The lowest BCUT2D eigenvalue weighted by Crippen LogP contribution is -2.01. The van der Waals surface area contributed by atoms with Crippen LogP contribution in [0.15, 0.2) is 36.4 Å². The van der Waals surface area contributed by atoms with Gasteiger partial charge in [0.25, 0.3) is 0 Å². The molecule has 0 saturated heterocycles. The molecule has 2 rings (SSSR count). The molecule has 4 nitrogen and oxygen atoms in total. The summed E-state index contributed by atoms with van der Waals surface area (Å²) in [7, 11) is 2.84. The van der Waals surface area contributed by atoms with E-state index in [1.165, 1.54) is 7.11 Å². The normalized spacial score (nSPS) is 9.70. The highest BCUT2D eigenvalue weighted by molar-refractivity contribution is 5.94. The molecular weight excluding hydrogens is 256 g/mol. The van der Waals surface area contributed by atoms with Gasteiger partial charge in [0.05, 0.1) is 12.7 Å². The molecule has 0 amide bonds. The lowest BCUT2D eigenvalue weighted by atomic mass is 10.0. The number of carbonyl (C=O) groups is 1. The van der Waals surface area contributed by atoms with Crippen molar-refractivity contribution in [2.75, 3.05) is 21.0 Å². The Morgan fingerprint density at radius 2 is 1.95 bits per heavy atom. The number of rotatable bonds is 3. The van der Waals surface area contributed by atoms with E-state index in [-0.39, 0.29) is 6.79 Å². The zero-order valence-corrected chi connectivity index (χ0v) is 11.3. The number of benzene rings is 2. The van der Waals surface area contributed by atoms with Crippen LogP contribution in [0.5, 0.6) is 5.75 Å². The van der Waals surface area contributed by atoms with E-state index in [9.17, 15) is 4.79 Å². The maximum Gasteiger partial charge on any atom is 0.384 e. The standard InChI is InChI=1S/C16H14O4/c1-18-11-20-15-9-7-12-5-3-4-6-13(12)14(15)8-10-16(17)19-2/h3-7,9H,11H2,1-2H3. The fourth-order valence-corrected chi connectivity index (χ4v) is 1.79. The molecule has 0 aliphatic heterocycles. The van der Waals surface area contributed by atoms with Gasteiger partial charge in [-0.3, -0.25) is 0 Å². The summed E-state index contributed by atoms with van der Waals surface area (Å²) in [5.41, 5.74) is 0.644. The van der Waals surface area contributed by atoms with Crippen LogP contribution in [0.4, 0.5) is 0 Å². The SMILES string of the molecule is COCOc1ccc2ccccc2c1C#CC(=O)OC. The van der Waals surface area contributed by atoms with Gasteiger partial charge in [0, 0.05) is 18.4 Å². The number of hydrogen-bond acceptors (Lipinski definition) is 4. The first-order valence-corrected chi connectivity index (χ1v) is 5.99. The van der Waals surface area contributed by atoms with E-state index in [0.717, 1.165) is 10.8 Å². The third kappa shape index (κ3) is 3.08. The van der Waals surface area contributed by atoms with Crippen LogP contribution in [0.3, 0.4) is 0 Å². The summed E-state index contributed by atoms with van der Waals surface area (Å²) in [5, 5.41) is 1.93. The van der Waals surface area contributed by atoms with Gasteiger partial charge in [-0.05, 0) is 11.5 Å². The number of methoxy groups -OCH3 is 2. The molecule has 2 aromatic carbocycles. The van der Waals surface area contributed by atoms with Crippen LogP contribution in [-0.4, -0.2) is 27.0 Å². The molecule has 0 heterocycles. The minimum absolute atomic E-state index is 0.116. The second-order valence-electron chi connectivity index (χ2n) is 3.95. The average molecular weight is 270 g/mol. The first-order valence-electron chi connectivity index (χ1n) is 5.99. The highest BCUT2D eigenvalue weighted by atomic mass is 16.7. The zero-order chi connectivity index (χ0) is 14.4. The number of fused-ring (bicyclic) bond motifs is 1. The minimum atomic E-state index is -0.587. The molecule has 0 aliphatic carbocycles. The maximum atomic E-state index is 11.2. The van der Waals surface area contributed by atoms with E-state index >= 15 is 0 Å². The molecule has 20 heavy (non-hydrogen) atoms. The van der Waals surface area contributed by atoms with Crippen LogP contribution in [0.25, 0.3) is 10.8 Å². The van der Waals surface area contributed by atoms with Gasteiger partial charge in [-0.25, -0.2) is 4.79 Å². The molecule has 0 saturated carbocycles. The van der Waals surface area contributed by atoms with Gasteiger partial charge in [0.15, 0.2) is 6.79 Å². The highest BCUT2D eigenvalue weighted by Crippen LogP contribution is 2.27. The molecule has 0 aliphatic rings. The summed E-state index contributed by atoms with van der Waals surface area (Å²) < 4.78 is 14.9. The van der Waals surface area contributed by atoms with E-state index in [4.69, 9.17) is 9.47 Å². The summed E-state index contributed by atoms with van der Waals surface area (Å²) in [6.45, 7) is 0.116. The van der Waals surface area contributed by atoms with Gasteiger partial charge in [0.2, 0.25) is 0 Å². The van der Waals surface area contributed by atoms with E-state index < -0.39 is 5.97 Å². The summed E-state index contributed by atoms with van der Waals surface area (Å²) in [4.78, 5) is 11.2. The van der Waals surface area contributed by atoms with Crippen molar-refractivity contribution in [3.05, 3.63) is 42.0 Å². The molecule has 0 spiro atoms. The first kappa shape index (κ1) is 13.9. The average Bonchev–Trinajstić information content (AvgIpc) is 2.50. The maximum absolute atomic E-state index is 11.2. The minimum Gasteiger partial charge on any atom is -0.466 e. The Balaban J connectivity index is 2.54. The quantitative estimate of drug-likeness (QED) is 0.488. The molecule has 0 fully saturated rings. The fraction of sp³-hybridized carbons (Fsp3) is 0.188. The molecule has 4 heteroatoms. The van der Waals surface area contributed by atoms with Gasteiger partial charge in [-0.15, -0.1) is 0 Å². The van der Waals surface area contributed by atoms with Crippen molar-refractivity contribution in [3.63, 3.8) is 0 Å². The van der Waals surface area contributed by atoms with E-state index in [1.807, 2.05) is 36.4 Å². The predicted octanol–water partition coefficient (Wildman–Crippen LogP) is 2.35. The highest BCUT2D eigenvalue weighted by Gasteiger charge is 2.07. The smallest absolute Gasteiger partial charge is 0.384 e. The van der Waals surface area contributed by atoms with Gasteiger partial charge in [0.1, 0.15) is 5.75 Å². The van der Waals surface area contributed by atoms with Gasteiger partial charge in [-0.1, -0.05) is 36.3 Å². The van der Waals surface area contributed by atoms with Crippen molar-refractivity contribution >= 4 is 16.7 Å². The van der Waals surface area contributed by atoms with E-state index in [2.05, 4.69) is 16.6 Å². The van der Waals surface area contributed by atoms with Crippen molar-refractivity contribution in [1.29, 1.82) is 0 Å². The largest absolute Gasteiger partial charge is 0.466 e. The molecule has 0 aromatic heterocycles. The Bertz CT molecular complexity index is 680. The Morgan fingerprint density at radius 1 is 1.15 bits per heavy atom. The molecule has 0 atom stereocenters. The third-order valence-corrected chi connectivity index (χ3v) is 2.70. The van der Waals surface area contributed by atoms with Gasteiger partial charge < -0.3 is 14.2 Å². The van der Waals surface area contributed by atoms with Crippen molar-refractivity contribution < 1.29 is 19.0 Å². The second-order valence-corrected chi connectivity index (χ2v) is 3.95. The molecule has 0 unspecified atom stereocenters. The number of ether oxygens (including phenoxy) is 3. The Morgan fingerprint density at radius 3 is 2.70 bits per heavy atom. The van der Waals surface area contributed by atoms with Crippen LogP contribution < -0.4 is 4.74 Å². The fourth-order valence-electron chi connectivity index (χ4n) is 1.79. The lowest BCUT2D eigenvalue weighted by Gasteiger charge is -2.09. The Labute approximate surface area is 117 Å². The molecule has 2 aromatic rings. The van der Waals surface area contributed by atoms with Crippen LogP contribution in [-0.2, 0) is 14.3 Å². The zero-order valence-electron chi connectivity index (χ0n) is 11.3. The van der Waals surface area contributed by atoms with Crippen molar-refractivity contribution in [1.82, 2.24) is 0 Å². The predicted molar refractivity (Wildman–Crippen MR) is 75.3 cm³/mol. The lowest BCUT2D eigenvalue weighted by molar-refractivity contribution is -0.133. The summed E-state index contributed by atoms with van der Waals surface area (Å²) in [6.07, 6.45) is 0. The monoisotopic (exact) mass is 270 g/mol. The first-order chi connectivity index (χ1) is 9.76. The van der Waals surface area contributed by atoms with Crippen LogP contribution in [0, 0.1) is 11.8 Å². The molecule has 0 radical (unpaired) electrons. The second kappa shape index (κ2) is 6.60. The number of esters is 1. The topological polar surface area (TPSA) is 44.8 Å². The number of hydrogen-bond donors (Lipinski definition) is 0. The van der Waals surface area contributed by atoms with Crippen LogP contribution in [0.1, 0.15) is 5.56 Å². The molecular formula is C16H14O4. The van der Waals surface area contributed by atoms with E-state index in [0.29, 0.717) is 11.3 Å². The Hall–Kier alpha value is -2.51.